The van der Waals surface area contributed by atoms with Gasteiger partial charge >= 0.3 is 0 Å². The van der Waals surface area contributed by atoms with Crippen molar-refractivity contribution in [3.05, 3.63) is 69.1 Å². The highest BCUT2D eigenvalue weighted by Gasteiger charge is 2.41. The molecule has 9 heteroatoms. The van der Waals surface area contributed by atoms with Crippen LogP contribution >= 0.6 is 39.5 Å². The summed E-state index contributed by atoms with van der Waals surface area (Å²) in [5, 5.41) is 8.92. The number of carbonyl (C=O) groups excluding carboxylic acids is 1. The number of thiophene rings is 1. The molecule has 0 unspecified atom stereocenters. The highest BCUT2D eigenvalue weighted by Crippen LogP contribution is 2.45. The number of nitrogens with one attached hydrogen (secondary N) is 2. The van der Waals surface area contributed by atoms with E-state index in [2.05, 4.69) is 47.9 Å². The molecule has 2 N–H and O–H groups in total. The maximum Gasteiger partial charge on any atom is 0.221 e. The quantitative estimate of drug-likeness (QED) is 0.475. The monoisotopic (exact) mass is 502 g/mol. The van der Waals surface area contributed by atoms with Crippen molar-refractivity contribution in [2.45, 2.75) is 19.0 Å². The number of hydrogen-bond acceptors (Lipinski definition) is 5. The zero-order chi connectivity index (χ0) is 21.3. The van der Waals surface area contributed by atoms with Gasteiger partial charge < -0.3 is 20.3 Å². The molecule has 6 nitrogen and oxygen atoms in total. The van der Waals surface area contributed by atoms with E-state index in [1.807, 2.05) is 36.4 Å². The summed E-state index contributed by atoms with van der Waals surface area (Å²) >= 11 is 11.0. The highest BCUT2D eigenvalue weighted by atomic mass is 79.9. The summed E-state index contributed by atoms with van der Waals surface area (Å²) in [6.45, 7) is 1.47. The standard InChI is InChI=1S/C21H19BrN4O2S2/c1-12(27)24-16-10-14(6-7-17(16)28-2)26-20(18-9-13(22)11-30-18)19(25-21(26)29)15-5-3-4-8-23-15/h3-11,19-20H,1-2H3,(H,24,27)(H,25,29)/t19-,20+/m0/s1. The predicted octanol–water partition coefficient (Wildman–Crippen LogP) is 5.05. The second kappa shape index (κ2) is 8.71. The number of pyridine rings is 1. The lowest BCUT2D eigenvalue weighted by molar-refractivity contribution is -0.114. The van der Waals surface area contributed by atoms with Crippen molar-refractivity contribution in [3.63, 3.8) is 0 Å². The van der Waals surface area contributed by atoms with E-state index < -0.39 is 0 Å². The van der Waals surface area contributed by atoms with Gasteiger partial charge in [0.2, 0.25) is 5.91 Å². The second-order valence-corrected chi connectivity index (χ2v) is 8.97. The molecule has 0 spiro atoms. The van der Waals surface area contributed by atoms with E-state index in [-0.39, 0.29) is 18.0 Å². The molecule has 2 atom stereocenters. The summed E-state index contributed by atoms with van der Waals surface area (Å²) in [5.74, 6) is 0.418. The van der Waals surface area contributed by atoms with Crippen LogP contribution in [0.5, 0.6) is 5.75 Å². The molecule has 1 saturated heterocycles. The first kappa shape index (κ1) is 20.8. The van der Waals surface area contributed by atoms with E-state index in [9.17, 15) is 4.79 Å². The maximum atomic E-state index is 11.7. The third-order valence-corrected chi connectivity index (χ3v) is 6.83. The van der Waals surface area contributed by atoms with Crippen molar-refractivity contribution in [3.8, 4) is 5.75 Å². The van der Waals surface area contributed by atoms with Crippen molar-refractivity contribution in [1.29, 1.82) is 0 Å². The molecule has 30 heavy (non-hydrogen) atoms. The zero-order valence-corrected chi connectivity index (χ0v) is 19.5. The fourth-order valence-electron chi connectivity index (χ4n) is 3.54. The third-order valence-electron chi connectivity index (χ3n) is 4.75. The maximum absolute atomic E-state index is 11.7. The highest BCUT2D eigenvalue weighted by molar-refractivity contribution is 9.10. The molecule has 3 heterocycles. The number of amides is 1. The minimum absolute atomic E-state index is 0.0951. The Bertz CT molecular complexity index is 1090. The minimum atomic E-state index is -0.169. The van der Waals surface area contributed by atoms with Gasteiger partial charge in [-0.3, -0.25) is 9.78 Å². The van der Waals surface area contributed by atoms with Crippen molar-refractivity contribution in [2.75, 3.05) is 17.3 Å². The Morgan fingerprint density at radius 2 is 2.17 bits per heavy atom. The Morgan fingerprint density at radius 1 is 1.33 bits per heavy atom. The number of methoxy groups -OCH3 is 1. The normalized spacial score (nSPS) is 18.2. The van der Waals surface area contributed by atoms with Crippen LogP contribution in [-0.4, -0.2) is 23.1 Å². The molecule has 2 aromatic heterocycles. The molecule has 0 bridgehead atoms. The van der Waals surface area contributed by atoms with Crippen molar-refractivity contribution >= 4 is 61.9 Å². The summed E-state index contributed by atoms with van der Waals surface area (Å²) in [7, 11) is 1.57. The third kappa shape index (κ3) is 4.05. The number of anilines is 2. The molecule has 154 valence electrons. The number of rotatable bonds is 5. The van der Waals surface area contributed by atoms with E-state index in [1.54, 1.807) is 24.6 Å². The van der Waals surface area contributed by atoms with Crippen molar-refractivity contribution < 1.29 is 9.53 Å². The van der Waals surface area contributed by atoms with Crippen LogP contribution < -0.4 is 20.3 Å². The van der Waals surface area contributed by atoms with E-state index in [0.717, 1.165) is 20.7 Å². The van der Waals surface area contributed by atoms with Crippen LogP contribution in [0.3, 0.4) is 0 Å². The van der Waals surface area contributed by atoms with Gasteiger partial charge in [-0.25, -0.2) is 0 Å². The van der Waals surface area contributed by atoms with Crippen LogP contribution in [0.1, 0.15) is 29.6 Å². The molecular formula is C21H19BrN4O2S2. The van der Waals surface area contributed by atoms with Crippen molar-refractivity contribution in [1.82, 2.24) is 10.3 Å². The molecule has 1 aromatic carbocycles. The first-order valence-electron chi connectivity index (χ1n) is 9.18. The number of halogens is 1. The lowest BCUT2D eigenvalue weighted by atomic mass is 10.0. The van der Waals surface area contributed by atoms with Crippen molar-refractivity contribution in [2.24, 2.45) is 0 Å². The first-order valence-corrected chi connectivity index (χ1v) is 11.3. The number of benzene rings is 1. The molecule has 0 aliphatic carbocycles. The average molecular weight is 503 g/mol. The Labute approximate surface area is 192 Å². The Balaban J connectivity index is 1.81. The van der Waals surface area contributed by atoms with Gasteiger partial charge in [-0.1, -0.05) is 6.07 Å². The number of thiocarbonyl (C=S) groups is 1. The molecular weight excluding hydrogens is 484 g/mol. The van der Waals surface area contributed by atoms with Gasteiger partial charge in [-0.15, -0.1) is 11.3 Å². The molecule has 3 aromatic rings. The smallest absolute Gasteiger partial charge is 0.221 e. The molecule has 1 aliphatic heterocycles. The molecule has 1 aliphatic rings. The molecule has 0 radical (unpaired) electrons. The number of hydrogen-bond donors (Lipinski definition) is 2. The average Bonchev–Trinajstić information content (AvgIpc) is 3.31. The Morgan fingerprint density at radius 3 is 2.80 bits per heavy atom. The van der Waals surface area contributed by atoms with E-state index in [1.165, 1.54) is 6.92 Å². The fraction of sp³-hybridized carbons (Fsp3) is 0.190. The SMILES string of the molecule is COc1ccc(N2C(=S)N[C@@H](c3ccccn3)[C@H]2c2cc(Br)cs2)cc1NC(C)=O. The summed E-state index contributed by atoms with van der Waals surface area (Å²) in [6, 6.07) is 13.4. The summed E-state index contributed by atoms with van der Waals surface area (Å²) < 4.78 is 6.42. The molecule has 4 rings (SSSR count). The zero-order valence-electron chi connectivity index (χ0n) is 16.3. The van der Waals surface area contributed by atoms with Gasteiger partial charge in [-0.2, -0.15) is 0 Å². The number of ether oxygens (including phenoxy) is 1. The number of aromatic nitrogens is 1. The van der Waals surface area contributed by atoms with E-state index in [0.29, 0.717) is 16.5 Å². The largest absolute Gasteiger partial charge is 0.495 e. The van der Waals surface area contributed by atoms with Crippen LogP contribution in [0.4, 0.5) is 11.4 Å². The lowest BCUT2D eigenvalue weighted by Crippen LogP contribution is -2.29. The van der Waals surface area contributed by atoms with Gasteiger partial charge in [0.15, 0.2) is 5.11 Å². The first-order chi connectivity index (χ1) is 14.5. The summed E-state index contributed by atoms with van der Waals surface area (Å²) in [4.78, 5) is 19.4. The Kier molecular flexibility index (Phi) is 6.03. The number of carbonyl (C=O) groups is 1. The van der Waals surface area contributed by atoms with E-state index >= 15 is 0 Å². The lowest BCUT2D eigenvalue weighted by Gasteiger charge is -2.27. The van der Waals surface area contributed by atoms with E-state index in [4.69, 9.17) is 17.0 Å². The van der Waals surface area contributed by atoms with Gasteiger partial charge in [0, 0.05) is 33.5 Å². The molecule has 1 amide bonds. The fourth-order valence-corrected chi connectivity index (χ4v) is 5.46. The van der Waals surface area contributed by atoms with Crippen LogP contribution in [0.2, 0.25) is 0 Å². The Hall–Kier alpha value is -2.49. The van der Waals surface area contributed by atoms with Crippen LogP contribution in [0.15, 0.2) is 58.5 Å². The molecule has 1 fully saturated rings. The molecule has 0 saturated carbocycles. The topological polar surface area (TPSA) is 66.5 Å². The number of nitrogens with zero attached hydrogens (tertiary/aromatic N) is 2. The van der Waals surface area contributed by atoms with Crippen LogP contribution in [0.25, 0.3) is 0 Å². The summed E-state index contributed by atoms with van der Waals surface area (Å²) in [6.07, 6.45) is 1.78. The minimum Gasteiger partial charge on any atom is -0.495 e. The van der Waals surface area contributed by atoms with Gasteiger partial charge in [0.05, 0.1) is 30.6 Å². The van der Waals surface area contributed by atoms with Gasteiger partial charge in [0.25, 0.3) is 0 Å². The predicted molar refractivity (Wildman–Crippen MR) is 127 cm³/mol. The van der Waals surface area contributed by atoms with Crippen LogP contribution in [-0.2, 0) is 4.79 Å². The second-order valence-electron chi connectivity index (χ2n) is 6.73. The summed E-state index contributed by atoms with van der Waals surface area (Å²) in [5.41, 5.74) is 2.36. The van der Waals surface area contributed by atoms with Gasteiger partial charge in [-0.05, 0) is 64.5 Å². The van der Waals surface area contributed by atoms with Crippen LogP contribution in [0, 0.1) is 0 Å². The van der Waals surface area contributed by atoms with Gasteiger partial charge in [0.1, 0.15) is 5.75 Å².